The van der Waals surface area contributed by atoms with E-state index in [0.717, 1.165) is 12.2 Å². The Balaban J connectivity index is 3.15. The van der Waals surface area contributed by atoms with E-state index in [-0.39, 0.29) is 17.5 Å². The van der Waals surface area contributed by atoms with Crippen LogP contribution in [0.1, 0.15) is 20.8 Å². The highest BCUT2D eigenvalue weighted by Gasteiger charge is 2.36. The molecule has 18 heavy (non-hydrogen) atoms. The first-order valence-corrected chi connectivity index (χ1v) is 6.25. The SMILES string of the molecule is CCN(c1cccc(F)c1)C(C)(CN)C(C)OC. The molecule has 0 aromatic heterocycles. The zero-order valence-corrected chi connectivity index (χ0v) is 11.6. The third-order valence-corrected chi connectivity index (χ3v) is 3.70. The molecule has 0 aliphatic heterocycles. The number of ether oxygens (including phenoxy) is 1. The van der Waals surface area contributed by atoms with Crippen LogP contribution in [0.15, 0.2) is 24.3 Å². The van der Waals surface area contributed by atoms with Gasteiger partial charge in [0.25, 0.3) is 0 Å². The van der Waals surface area contributed by atoms with Gasteiger partial charge in [0.15, 0.2) is 0 Å². The summed E-state index contributed by atoms with van der Waals surface area (Å²) in [6.45, 7) is 7.22. The lowest BCUT2D eigenvalue weighted by atomic mass is 9.92. The number of anilines is 1. The summed E-state index contributed by atoms with van der Waals surface area (Å²) in [5.74, 6) is -0.240. The molecule has 0 saturated carbocycles. The van der Waals surface area contributed by atoms with Crippen molar-refractivity contribution >= 4 is 5.69 Å². The molecule has 1 aromatic rings. The van der Waals surface area contributed by atoms with E-state index < -0.39 is 0 Å². The molecule has 102 valence electrons. The van der Waals surface area contributed by atoms with Crippen LogP contribution < -0.4 is 10.6 Å². The van der Waals surface area contributed by atoms with Crippen molar-refractivity contribution in [1.82, 2.24) is 0 Å². The van der Waals surface area contributed by atoms with Crippen molar-refractivity contribution in [1.29, 1.82) is 0 Å². The van der Waals surface area contributed by atoms with E-state index in [4.69, 9.17) is 10.5 Å². The average molecular weight is 254 g/mol. The number of nitrogens with two attached hydrogens (primary N) is 1. The maximum absolute atomic E-state index is 13.3. The minimum absolute atomic E-state index is 0.0503. The van der Waals surface area contributed by atoms with Crippen molar-refractivity contribution in [3.8, 4) is 0 Å². The van der Waals surface area contributed by atoms with E-state index in [1.54, 1.807) is 13.2 Å². The molecule has 0 aliphatic carbocycles. The second-order valence-electron chi connectivity index (χ2n) is 4.66. The fraction of sp³-hybridized carbons (Fsp3) is 0.571. The lowest BCUT2D eigenvalue weighted by Gasteiger charge is -2.45. The Morgan fingerprint density at radius 2 is 2.17 bits per heavy atom. The van der Waals surface area contributed by atoms with Crippen molar-refractivity contribution < 1.29 is 9.13 Å². The molecule has 2 unspecified atom stereocenters. The maximum atomic E-state index is 13.3. The number of likely N-dealkylation sites (N-methyl/N-ethyl adjacent to an activating group) is 1. The van der Waals surface area contributed by atoms with E-state index in [0.29, 0.717) is 6.54 Å². The first kappa shape index (κ1) is 14.9. The van der Waals surface area contributed by atoms with Gasteiger partial charge >= 0.3 is 0 Å². The van der Waals surface area contributed by atoms with Crippen LogP contribution >= 0.6 is 0 Å². The van der Waals surface area contributed by atoms with Gasteiger partial charge in [0.2, 0.25) is 0 Å². The monoisotopic (exact) mass is 254 g/mol. The van der Waals surface area contributed by atoms with Gasteiger partial charge in [0, 0.05) is 25.9 Å². The Morgan fingerprint density at radius 1 is 1.50 bits per heavy atom. The molecule has 0 saturated heterocycles. The normalized spacial score (nSPS) is 16.1. The topological polar surface area (TPSA) is 38.5 Å². The summed E-state index contributed by atoms with van der Waals surface area (Å²) in [6.07, 6.45) is -0.0503. The minimum Gasteiger partial charge on any atom is -0.379 e. The Kier molecular flexibility index (Phi) is 5.11. The van der Waals surface area contributed by atoms with Gasteiger partial charge in [-0.3, -0.25) is 0 Å². The molecule has 0 spiro atoms. The van der Waals surface area contributed by atoms with Crippen molar-refractivity contribution in [2.45, 2.75) is 32.4 Å². The van der Waals surface area contributed by atoms with Gasteiger partial charge in [-0.25, -0.2) is 4.39 Å². The summed E-state index contributed by atoms with van der Waals surface area (Å²) in [5, 5.41) is 0. The average Bonchev–Trinajstić information content (AvgIpc) is 2.38. The minimum atomic E-state index is -0.364. The van der Waals surface area contributed by atoms with Crippen molar-refractivity contribution in [3.05, 3.63) is 30.1 Å². The number of rotatable bonds is 6. The predicted octanol–water partition coefficient (Wildman–Crippen LogP) is 2.40. The summed E-state index contributed by atoms with van der Waals surface area (Å²) in [5.41, 5.74) is 6.38. The van der Waals surface area contributed by atoms with Crippen molar-refractivity contribution in [3.63, 3.8) is 0 Å². The standard InChI is InChI=1S/C14H23FN2O/c1-5-17(13-8-6-7-12(15)9-13)14(3,10-16)11(2)18-4/h6-9,11H,5,10,16H2,1-4H3. The predicted molar refractivity (Wildman–Crippen MR) is 73.4 cm³/mol. The van der Waals surface area contributed by atoms with Crippen LogP contribution in [0.25, 0.3) is 0 Å². The molecule has 1 aromatic carbocycles. The maximum Gasteiger partial charge on any atom is 0.125 e. The van der Waals surface area contributed by atoms with Crippen LogP contribution in [-0.2, 0) is 4.74 Å². The van der Waals surface area contributed by atoms with E-state index in [1.807, 2.05) is 26.8 Å². The van der Waals surface area contributed by atoms with Gasteiger partial charge in [-0.1, -0.05) is 6.07 Å². The third kappa shape index (κ3) is 2.82. The molecule has 2 N–H and O–H groups in total. The number of hydrogen-bond acceptors (Lipinski definition) is 3. The molecule has 3 nitrogen and oxygen atoms in total. The zero-order chi connectivity index (χ0) is 13.8. The first-order chi connectivity index (χ1) is 8.49. The number of nitrogens with zero attached hydrogens (tertiary/aromatic N) is 1. The molecule has 0 radical (unpaired) electrons. The van der Waals surface area contributed by atoms with Gasteiger partial charge in [0.1, 0.15) is 5.82 Å². The number of methoxy groups -OCH3 is 1. The van der Waals surface area contributed by atoms with Gasteiger partial charge in [-0.15, -0.1) is 0 Å². The van der Waals surface area contributed by atoms with Gasteiger partial charge in [-0.05, 0) is 39.0 Å². The fourth-order valence-corrected chi connectivity index (χ4v) is 2.23. The molecule has 1 rings (SSSR count). The second-order valence-corrected chi connectivity index (χ2v) is 4.66. The number of hydrogen-bond donors (Lipinski definition) is 1. The Bertz CT molecular complexity index is 386. The second kappa shape index (κ2) is 6.16. The van der Waals surface area contributed by atoms with Crippen LogP contribution in [0, 0.1) is 5.82 Å². The van der Waals surface area contributed by atoms with Crippen LogP contribution in [-0.4, -0.2) is 31.8 Å². The van der Waals surface area contributed by atoms with Gasteiger partial charge in [-0.2, -0.15) is 0 Å². The molecular weight excluding hydrogens is 231 g/mol. The molecule has 0 bridgehead atoms. The first-order valence-electron chi connectivity index (χ1n) is 6.25. The summed E-state index contributed by atoms with van der Waals surface area (Å²) in [4.78, 5) is 2.09. The summed E-state index contributed by atoms with van der Waals surface area (Å²) in [7, 11) is 1.66. The summed E-state index contributed by atoms with van der Waals surface area (Å²) in [6, 6.07) is 6.57. The van der Waals surface area contributed by atoms with E-state index in [1.165, 1.54) is 12.1 Å². The highest BCUT2D eigenvalue weighted by Crippen LogP contribution is 2.27. The van der Waals surface area contributed by atoms with Gasteiger partial charge < -0.3 is 15.4 Å². The highest BCUT2D eigenvalue weighted by atomic mass is 19.1. The molecular formula is C14H23FN2O. The zero-order valence-electron chi connectivity index (χ0n) is 11.6. The van der Waals surface area contributed by atoms with Crippen LogP contribution in [0.4, 0.5) is 10.1 Å². The van der Waals surface area contributed by atoms with Crippen LogP contribution in [0.2, 0.25) is 0 Å². The largest absolute Gasteiger partial charge is 0.379 e. The van der Waals surface area contributed by atoms with Crippen LogP contribution in [0.5, 0.6) is 0 Å². The Morgan fingerprint density at radius 3 is 2.61 bits per heavy atom. The lowest BCUT2D eigenvalue weighted by molar-refractivity contribution is 0.0561. The molecule has 0 amide bonds. The molecule has 4 heteroatoms. The summed E-state index contributed by atoms with van der Waals surface area (Å²) >= 11 is 0. The summed E-state index contributed by atoms with van der Waals surface area (Å²) < 4.78 is 18.8. The fourth-order valence-electron chi connectivity index (χ4n) is 2.23. The van der Waals surface area contributed by atoms with E-state index in [9.17, 15) is 4.39 Å². The van der Waals surface area contributed by atoms with E-state index in [2.05, 4.69) is 4.90 Å². The third-order valence-electron chi connectivity index (χ3n) is 3.70. The van der Waals surface area contributed by atoms with Crippen molar-refractivity contribution in [2.24, 2.45) is 5.73 Å². The Hall–Kier alpha value is -1.13. The smallest absolute Gasteiger partial charge is 0.125 e. The molecule has 0 fully saturated rings. The number of halogens is 1. The highest BCUT2D eigenvalue weighted by molar-refractivity contribution is 5.49. The Labute approximate surface area is 109 Å². The molecule has 0 heterocycles. The van der Waals surface area contributed by atoms with Crippen LogP contribution in [0.3, 0.4) is 0 Å². The molecule has 0 aliphatic rings. The lowest BCUT2D eigenvalue weighted by Crippen LogP contribution is -2.59. The molecule has 2 atom stereocenters. The number of benzene rings is 1. The quantitative estimate of drug-likeness (QED) is 0.847. The van der Waals surface area contributed by atoms with Gasteiger partial charge in [0.05, 0.1) is 11.6 Å². The van der Waals surface area contributed by atoms with Crippen molar-refractivity contribution in [2.75, 3.05) is 25.1 Å². The van der Waals surface area contributed by atoms with E-state index >= 15 is 0 Å².